The van der Waals surface area contributed by atoms with Crippen LogP contribution in [0.25, 0.3) is 22.0 Å². The van der Waals surface area contributed by atoms with Gasteiger partial charge in [-0.3, -0.25) is 19.7 Å². The van der Waals surface area contributed by atoms with E-state index in [9.17, 15) is 18.5 Å². The van der Waals surface area contributed by atoms with Crippen molar-refractivity contribution in [2.75, 3.05) is 67.5 Å². The largest absolute Gasteiger partial charge is 0.376 e. The lowest BCUT2D eigenvalue weighted by molar-refractivity contribution is -0.384. The van der Waals surface area contributed by atoms with E-state index < -0.39 is 20.8 Å². The number of nitro benzene ring substituents is 1. The van der Waals surface area contributed by atoms with Crippen molar-refractivity contribution in [1.29, 1.82) is 0 Å². The fourth-order valence-electron chi connectivity index (χ4n) is 7.04. The highest BCUT2D eigenvalue weighted by Gasteiger charge is 2.26. The normalized spacial score (nSPS) is 14.1. The molecule has 15 heteroatoms. The third-order valence-electron chi connectivity index (χ3n) is 10.1. The second-order valence-corrected chi connectivity index (χ2v) is 17.2. The summed E-state index contributed by atoms with van der Waals surface area (Å²) in [5, 5.41) is 15.8. The molecule has 58 heavy (non-hydrogen) atoms. The molecule has 0 bridgehead atoms. The molecule has 0 spiro atoms. The molecule has 300 valence electrons. The van der Waals surface area contributed by atoms with Gasteiger partial charge < -0.3 is 15.1 Å². The average molecular weight is 821 g/mol. The number of rotatable bonds is 16. The highest BCUT2D eigenvalue weighted by atomic mass is 32.2. The minimum Gasteiger partial charge on any atom is -0.376 e. The molecule has 1 aliphatic heterocycles. The van der Waals surface area contributed by atoms with Crippen LogP contribution in [0.15, 0.2) is 131 Å². The lowest BCUT2D eigenvalue weighted by Gasteiger charge is -2.36. The van der Waals surface area contributed by atoms with E-state index in [1.165, 1.54) is 28.8 Å². The first kappa shape index (κ1) is 40.6. The number of piperazine rings is 1. The lowest BCUT2D eigenvalue weighted by atomic mass is 9.99. The minimum absolute atomic E-state index is 0.0351. The number of halogens is 1. The zero-order valence-corrected chi connectivity index (χ0v) is 33.9. The standard InChI is InChI=1S/C43H45FN8O4S2/c1-49(2)22-21-33(29-57-34-14-7-4-8-15-34)47-38-19-17-35(27-40(38)52(53)54)58(55,56)48-43-37-18-20-39(41(44)42(37)45-30-46-43)51-25-23-50(24-26-51)28-32-13-9-10-16-36(32)31-11-5-3-6-12-31/h3-20,27,30,33,47H,21-26,28-29H2,1-2H3,(H,45,46,48). The Kier molecular flexibility index (Phi) is 12.8. The molecule has 1 unspecified atom stereocenters. The monoisotopic (exact) mass is 820 g/mol. The smallest absolute Gasteiger partial charge is 0.293 e. The number of hydrogen-bond acceptors (Lipinski definition) is 11. The first-order chi connectivity index (χ1) is 28.1. The Hall–Kier alpha value is -5.61. The lowest BCUT2D eigenvalue weighted by Crippen LogP contribution is -2.46. The van der Waals surface area contributed by atoms with Crippen molar-refractivity contribution in [2.45, 2.75) is 28.8 Å². The average Bonchev–Trinajstić information content (AvgIpc) is 3.23. The predicted molar refractivity (Wildman–Crippen MR) is 231 cm³/mol. The number of nitrogens with one attached hydrogen (secondary N) is 2. The number of nitro groups is 1. The Morgan fingerprint density at radius 1 is 0.897 bits per heavy atom. The topological polar surface area (TPSA) is 137 Å². The van der Waals surface area contributed by atoms with Crippen molar-refractivity contribution in [3.8, 4) is 11.1 Å². The van der Waals surface area contributed by atoms with Gasteiger partial charge in [0.25, 0.3) is 15.7 Å². The third-order valence-corrected chi connectivity index (χ3v) is 12.6. The van der Waals surface area contributed by atoms with Gasteiger partial charge in [0.05, 0.1) is 15.5 Å². The Balaban J connectivity index is 1.05. The molecule has 0 aliphatic carbocycles. The van der Waals surface area contributed by atoms with Crippen molar-refractivity contribution >= 4 is 55.6 Å². The number of thioether (sulfide) groups is 1. The number of anilines is 3. The zero-order chi connectivity index (χ0) is 40.6. The number of benzene rings is 5. The van der Waals surface area contributed by atoms with Crippen LogP contribution in [0.5, 0.6) is 0 Å². The van der Waals surface area contributed by atoms with Gasteiger partial charge in [0.15, 0.2) is 11.6 Å². The van der Waals surface area contributed by atoms with Crippen molar-refractivity contribution in [3.63, 3.8) is 0 Å². The Morgan fingerprint density at radius 3 is 2.33 bits per heavy atom. The molecule has 0 saturated carbocycles. The van der Waals surface area contributed by atoms with Crippen LogP contribution in [0.1, 0.15) is 12.0 Å². The second-order valence-electron chi connectivity index (χ2n) is 14.4. The number of fused-ring (bicyclic) bond motifs is 1. The second kappa shape index (κ2) is 18.3. The Labute approximate surface area is 342 Å². The van der Waals surface area contributed by atoms with Gasteiger partial charge in [-0.25, -0.2) is 22.8 Å². The molecule has 2 N–H and O–H groups in total. The molecule has 1 aromatic heterocycles. The maximum absolute atomic E-state index is 16.2. The summed E-state index contributed by atoms with van der Waals surface area (Å²) in [5.41, 5.74) is 3.75. The molecular formula is C43H45FN8O4S2. The first-order valence-corrected chi connectivity index (χ1v) is 21.5. The predicted octanol–water partition coefficient (Wildman–Crippen LogP) is 7.99. The molecule has 7 rings (SSSR count). The van der Waals surface area contributed by atoms with E-state index in [2.05, 4.69) is 49.2 Å². The van der Waals surface area contributed by atoms with Crippen LogP contribution in [0, 0.1) is 15.9 Å². The van der Waals surface area contributed by atoms with E-state index in [0.29, 0.717) is 31.0 Å². The molecule has 2 heterocycles. The van der Waals surface area contributed by atoms with Crippen LogP contribution in [-0.4, -0.2) is 91.7 Å². The molecule has 1 saturated heterocycles. The summed E-state index contributed by atoms with van der Waals surface area (Å²) in [4.78, 5) is 27.1. The van der Waals surface area contributed by atoms with Gasteiger partial charge in [-0.1, -0.05) is 72.8 Å². The van der Waals surface area contributed by atoms with Gasteiger partial charge in [0.1, 0.15) is 17.5 Å². The molecule has 1 fully saturated rings. The van der Waals surface area contributed by atoms with E-state index >= 15 is 4.39 Å². The van der Waals surface area contributed by atoms with Crippen LogP contribution in [-0.2, 0) is 16.6 Å². The first-order valence-electron chi connectivity index (χ1n) is 19.0. The highest BCUT2D eigenvalue weighted by Crippen LogP contribution is 2.34. The summed E-state index contributed by atoms with van der Waals surface area (Å²) < 4.78 is 46.1. The van der Waals surface area contributed by atoms with Crippen LogP contribution >= 0.6 is 11.8 Å². The van der Waals surface area contributed by atoms with Crippen molar-refractivity contribution in [3.05, 3.63) is 143 Å². The van der Waals surface area contributed by atoms with Gasteiger partial charge >= 0.3 is 0 Å². The molecule has 5 aromatic carbocycles. The van der Waals surface area contributed by atoms with E-state index in [1.54, 1.807) is 23.9 Å². The fraction of sp³-hybridized carbons (Fsp3) is 0.256. The van der Waals surface area contributed by atoms with E-state index in [4.69, 9.17) is 0 Å². The van der Waals surface area contributed by atoms with E-state index in [-0.39, 0.29) is 39.0 Å². The zero-order valence-electron chi connectivity index (χ0n) is 32.3. The summed E-state index contributed by atoms with van der Waals surface area (Å²) in [5.74, 6) is -0.0803. The fourth-order valence-corrected chi connectivity index (χ4v) is 9.08. The molecule has 12 nitrogen and oxygen atoms in total. The van der Waals surface area contributed by atoms with Gasteiger partial charge in [0.2, 0.25) is 0 Å². The van der Waals surface area contributed by atoms with Crippen molar-refractivity contribution < 1.29 is 17.7 Å². The van der Waals surface area contributed by atoms with Crippen molar-refractivity contribution in [1.82, 2.24) is 19.8 Å². The molecular weight excluding hydrogens is 776 g/mol. The van der Waals surface area contributed by atoms with Gasteiger partial charge in [-0.05, 0) is 80.1 Å². The van der Waals surface area contributed by atoms with Crippen molar-refractivity contribution in [2.24, 2.45) is 0 Å². The summed E-state index contributed by atoms with van der Waals surface area (Å²) in [6.07, 6.45) is 1.80. The molecule has 0 amide bonds. The maximum atomic E-state index is 16.2. The Bertz CT molecular complexity index is 2470. The SMILES string of the molecule is CN(C)CCC(CSc1ccccc1)Nc1ccc(S(=O)(=O)Nc2ncnc3c(F)c(N4CCN(Cc5ccccc5-c5ccccc5)CC4)ccc23)cc1[N+](=O)[O-]. The quantitative estimate of drug-likeness (QED) is 0.0559. The minimum atomic E-state index is -4.39. The van der Waals surface area contributed by atoms with Crippen LogP contribution in [0.3, 0.4) is 0 Å². The summed E-state index contributed by atoms with van der Waals surface area (Å²) in [6, 6.07) is 35.4. The summed E-state index contributed by atoms with van der Waals surface area (Å²) in [7, 11) is -0.473. The molecule has 1 aliphatic rings. The van der Waals surface area contributed by atoms with Crippen LogP contribution in [0.2, 0.25) is 0 Å². The van der Waals surface area contributed by atoms with Gasteiger partial charge in [0, 0.05) is 60.9 Å². The van der Waals surface area contributed by atoms with E-state index in [0.717, 1.165) is 43.5 Å². The molecule has 1 atom stereocenters. The number of hydrogen-bond donors (Lipinski definition) is 2. The van der Waals surface area contributed by atoms with Gasteiger partial charge in [-0.2, -0.15) is 0 Å². The number of aromatic nitrogens is 2. The highest BCUT2D eigenvalue weighted by molar-refractivity contribution is 7.99. The van der Waals surface area contributed by atoms with Crippen LogP contribution in [0.4, 0.5) is 27.3 Å². The Morgan fingerprint density at radius 2 is 1.60 bits per heavy atom. The third kappa shape index (κ3) is 9.73. The van der Waals surface area contributed by atoms with Gasteiger partial charge in [-0.15, -0.1) is 11.8 Å². The van der Waals surface area contributed by atoms with Crippen LogP contribution < -0.4 is 14.9 Å². The molecule has 6 aromatic rings. The van der Waals surface area contributed by atoms with E-state index in [1.807, 2.05) is 84.6 Å². The summed E-state index contributed by atoms with van der Waals surface area (Å²) in [6.45, 7) is 4.13. The molecule has 0 radical (unpaired) electrons. The number of sulfonamides is 1. The summed E-state index contributed by atoms with van der Waals surface area (Å²) >= 11 is 1.63. The number of nitrogens with zero attached hydrogens (tertiary/aromatic N) is 6. The maximum Gasteiger partial charge on any atom is 0.293 e.